The fourth-order valence-corrected chi connectivity index (χ4v) is 9.36. The van der Waals surface area contributed by atoms with Gasteiger partial charge in [-0.25, -0.2) is 4.98 Å². The topological polar surface area (TPSA) is 78.9 Å². The molecule has 0 aliphatic carbocycles. The Morgan fingerprint density at radius 1 is 1.06 bits per heavy atom. The number of hydrogen-bond acceptors (Lipinski definition) is 5. The van der Waals surface area contributed by atoms with Gasteiger partial charge in [-0.15, -0.1) is 0 Å². The van der Waals surface area contributed by atoms with Crippen molar-refractivity contribution in [2.75, 3.05) is 5.73 Å². The molecule has 0 amide bonds. The number of rotatable bonds is 7. The summed E-state index contributed by atoms with van der Waals surface area (Å²) in [5.74, 6) is 0.112. The molecule has 2 N–H and O–H groups in total. The summed E-state index contributed by atoms with van der Waals surface area (Å²) >= 11 is 6.20. The summed E-state index contributed by atoms with van der Waals surface area (Å²) in [5, 5.41) is 2.58. The maximum absolute atomic E-state index is 7.17. The molecule has 2 heterocycles. The Balaban J connectivity index is 1.72. The zero-order chi connectivity index (χ0) is 24.5. The predicted molar refractivity (Wildman–Crippen MR) is 142 cm³/mol. The lowest BCUT2D eigenvalue weighted by atomic mass is 10.2. The second-order valence-corrected chi connectivity index (χ2v) is 14.1. The zero-order valence-corrected chi connectivity index (χ0v) is 21.8. The Kier molecular flexibility index (Phi) is 6.62. The lowest BCUT2D eigenvalue weighted by Crippen LogP contribution is -2.67. The van der Waals surface area contributed by atoms with Gasteiger partial charge in [0.05, 0.1) is 12.4 Å². The summed E-state index contributed by atoms with van der Waals surface area (Å²) < 4.78 is 9.05. The quantitative estimate of drug-likeness (QED) is 0.232. The van der Waals surface area contributed by atoms with E-state index in [1.54, 1.807) is 6.33 Å². The fraction of sp³-hybridized carbons (Fsp3) is 0.269. The Hall–Kier alpha value is -3.00. The first-order valence-electron chi connectivity index (χ1n) is 11.2. The smallest absolute Gasteiger partial charge is 0.261 e. The molecule has 1 unspecified atom stereocenters. The van der Waals surface area contributed by atoms with Crippen LogP contribution in [0.1, 0.15) is 27.7 Å². The summed E-state index contributed by atoms with van der Waals surface area (Å²) in [6.45, 7) is 13.7. The maximum Gasteiger partial charge on any atom is 0.261 e. The summed E-state index contributed by atoms with van der Waals surface area (Å²) in [7, 11) is -2.70. The van der Waals surface area contributed by atoms with Crippen molar-refractivity contribution >= 4 is 47.4 Å². The summed E-state index contributed by atoms with van der Waals surface area (Å²) in [6, 6.07) is 21.2. The van der Waals surface area contributed by atoms with Crippen molar-refractivity contribution < 1.29 is 4.43 Å². The van der Waals surface area contributed by atoms with Crippen molar-refractivity contribution in [1.82, 2.24) is 19.5 Å². The van der Waals surface area contributed by atoms with Crippen molar-refractivity contribution in [1.29, 1.82) is 0 Å². The summed E-state index contributed by atoms with van der Waals surface area (Å²) in [6.07, 6.45) is 1.46. The Morgan fingerprint density at radius 3 is 2.15 bits per heavy atom. The van der Waals surface area contributed by atoms with Crippen molar-refractivity contribution in [2.45, 2.75) is 45.4 Å². The fourth-order valence-electron chi connectivity index (χ4n) is 4.43. The van der Waals surface area contributed by atoms with Crippen LogP contribution in [-0.4, -0.2) is 33.9 Å². The lowest BCUT2D eigenvalue weighted by molar-refractivity contribution is 0.235. The molecular weight excluding hydrogens is 462 g/mol. The van der Waals surface area contributed by atoms with E-state index in [0.717, 1.165) is 5.57 Å². The van der Waals surface area contributed by atoms with Crippen molar-refractivity contribution in [2.24, 2.45) is 0 Å². The van der Waals surface area contributed by atoms with E-state index in [4.69, 9.17) is 21.8 Å². The van der Waals surface area contributed by atoms with Crippen LogP contribution < -0.4 is 16.1 Å². The first-order valence-corrected chi connectivity index (χ1v) is 13.5. The van der Waals surface area contributed by atoms with Gasteiger partial charge in [0, 0.05) is 6.54 Å². The number of nitrogens with zero attached hydrogens (tertiary/aromatic N) is 4. The molecule has 34 heavy (non-hydrogen) atoms. The molecule has 0 saturated heterocycles. The van der Waals surface area contributed by atoms with Crippen LogP contribution in [0.3, 0.4) is 0 Å². The minimum absolute atomic E-state index is 0.112. The van der Waals surface area contributed by atoms with Gasteiger partial charge in [-0.3, -0.25) is 0 Å². The molecule has 0 aliphatic rings. The van der Waals surface area contributed by atoms with E-state index in [-0.39, 0.29) is 22.2 Å². The molecule has 2 aromatic heterocycles. The van der Waals surface area contributed by atoms with E-state index in [0.29, 0.717) is 17.7 Å². The minimum atomic E-state index is -2.70. The molecule has 2 aromatic carbocycles. The molecular formula is C26H30ClN5OSi. The number of hydrogen-bond donors (Lipinski definition) is 1. The molecule has 176 valence electrons. The molecule has 6 nitrogen and oxygen atoms in total. The molecule has 4 rings (SSSR count). The third kappa shape index (κ3) is 4.38. The number of halogens is 1. The number of imidazole rings is 1. The average Bonchev–Trinajstić information content (AvgIpc) is 3.20. The highest BCUT2D eigenvalue weighted by Crippen LogP contribution is 2.38. The van der Waals surface area contributed by atoms with Crippen LogP contribution >= 0.6 is 11.6 Å². The zero-order valence-electron chi connectivity index (χ0n) is 20.0. The lowest BCUT2D eigenvalue weighted by Gasteiger charge is -2.45. The largest absolute Gasteiger partial charge is 0.401 e. The van der Waals surface area contributed by atoms with Gasteiger partial charge in [-0.2, -0.15) is 9.97 Å². The first kappa shape index (κ1) is 24.1. The highest BCUT2D eigenvalue weighted by molar-refractivity contribution is 6.99. The van der Waals surface area contributed by atoms with Crippen LogP contribution in [0.25, 0.3) is 11.2 Å². The van der Waals surface area contributed by atoms with Gasteiger partial charge in [0.15, 0.2) is 10.8 Å². The number of aromatic nitrogens is 4. The predicted octanol–water partition coefficient (Wildman–Crippen LogP) is 4.58. The SMILES string of the molecule is C=C(Cn1cnc2c(Cl)nc(N)nc21)C(C)O[Si](c1ccccc1)(c1ccccc1)C(C)(C)C. The monoisotopic (exact) mass is 491 g/mol. The van der Waals surface area contributed by atoms with Gasteiger partial charge in [-0.1, -0.05) is 99.6 Å². The van der Waals surface area contributed by atoms with E-state index < -0.39 is 8.32 Å². The Labute approximate surface area is 206 Å². The molecule has 0 spiro atoms. The van der Waals surface area contributed by atoms with Gasteiger partial charge >= 0.3 is 0 Å². The van der Waals surface area contributed by atoms with Crippen molar-refractivity contribution in [3.63, 3.8) is 0 Å². The molecule has 0 saturated carbocycles. The van der Waals surface area contributed by atoms with Gasteiger partial charge in [-0.05, 0) is 27.9 Å². The molecule has 0 aliphatic heterocycles. The number of fused-ring (bicyclic) bond motifs is 1. The highest BCUT2D eigenvalue weighted by atomic mass is 35.5. The standard InChI is InChI=1S/C26H30ClN5OSi/c1-18(16-32-17-29-22-23(27)30-25(28)31-24(22)32)19(2)33-34(26(3,4)5,20-12-8-6-9-13-20)21-14-10-7-11-15-21/h6-15,17,19H,1,16H2,2-5H3,(H2,28,30,31). The van der Waals surface area contributed by atoms with E-state index in [9.17, 15) is 0 Å². The molecule has 0 bridgehead atoms. The van der Waals surface area contributed by atoms with E-state index >= 15 is 0 Å². The van der Waals surface area contributed by atoms with Crippen LogP contribution in [0.2, 0.25) is 10.2 Å². The number of nitrogens with two attached hydrogens (primary N) is 1. The maximum atomic E-state index is 7.17. The van der Waals surface area contributed by atoms with Gasteiger partial charge < -0.3 is 14.7 Å². The first-order chi connectivity index (χ1) is 16.1. The van der Waals surface area contributed by atoms with Gasteiger partial charge in [0.1, 0.15) is 5.52 Å². The summed E-state index contributed by atoms with van der Waals surface area (Å²) in [4.78, 5) is 12.7. The van der Waals surface area contributed by atoms with Crippen LogP contribution in [0.5, 0.6) is 0 Å². The Morgan fingerprint density at radius 2 is 1.62 bits per heavy atom. The van der Waals surface area contributed by atoms with Crippen molar-refractivity contribution in [3.8, 4) is 0 Å². The molecule has 1 atom stereocenters. The second-order valence-electron chi connectivity index (χ2n) is 9.50. The third-order valence-electron chi connectivity index (χ3n) is 6.16. The molecule has 8 heteroatoms. The van der Waals surface area contributed by atoms with Crippen molar-refractivity contribution in [3.05, 3.63) is 84.3 Å². The third-order valence-corrected chi connectivity index (χ3v) is 11.5. The van der Waals surface area contributed by atoms with Gasteiger partial charge in [0.25, 0.3) is 8.32 Å². The average molecular weight is 492 g/mol. The van der Waals surface area contributed by atoms with Crippen LogP contribution in [-0.2, 0) is 11.0 Å². The molecule has 4 aromatic rings. The van der Waals surface area contributed by atoms with E-state index in [1.807, 2.05) is 16.7 Å². The second kappa shape index (κ2) is 9.33. The number of nitrogen functional groups attached to an aromatic ring is 1. The van der Waals surface area contributed by atoms with E-state index in [2.05, 4.69) is 97.8 Å². The van der Waals surface area contributed by atoms with E-state index in [1.165, 1.54) is 10.4 Å². The summed E-state index contributed by atoms with van der Waals surface area (Å²) in [5.41, 5.74) is 7.82. The highest BCUT2D eigenvalue weighted by Gasteiger charge is 2.51. The molecule has 0 radical (unpaired) electrons. The number of anilines is 1. The number of benzene rings is 2. The van der Waals surface area contributed by atoms with Crippen LogP contribution in [0.4, 0.5) is 5.95 Å². The normalized spacial score (nSPS) is 13.2. The Bertz CT molecular complexity index is 1260. The molecule has 0 fully saturated rings. The van der Waals surface area contributed by atoms with Crippen LogP contribution in [0.15, 0.2) is 79.1 Å². The minimum Gasteiger partial charge on any atom is -0.401 e. The van der Waals surface area contributed by atoms with Crippen LogP contribution in [0, 0.1) is 0 Å². The van der Waals surface area contributed by atoms with Gasteiger partial charge in [0.2, 0.25) is 5.95 Å².